The van der Waals surface area contributed by atoms with Crippen LogP contribution in [-0.4, -0.2) is 16.1 Å². The van der Waals surface area contributed by atoms with Gasteiger partial charge in [0.2, 0.25) is 5.95 Å². The number of hydrogen-bond acceptors (Lipinski definition) is 2. The molecule has 0 aliphatic carbocycles. The van der Waals surface area contributed by atoms with Crippen molar-refractivity contribution < 1.29 is 0 Å². The Kier molecular flexibility index (Phi) is 4.50. The minimum Gasteiger partial charge on any atom is -0.356 e. The Morgan fingerprint density at radius 1 is 1.33 bits per heavy atom. The van der Waals surface area contributed by atoms with Crippen LogP contribution in [0, 0.1) is 0 Å². The fraction of sp³-hybridized carbons (Fsp3) is 0.308. The number of benzene rings is 1. The van der Waals surface area contributed by atoms with Gasteiger partial charge in [0, 0.05) is 35.5 Å². The molecule has 18 heavy (non-hydrogen) atoms. The largest absolute Gasteiger partial charge is 0.356 e. The Hall–Kier alpha value is -1.19. The number of aryl methyl sites for hydroxylation is 2. The Labute approximate surface area is 117 Å². The maximum atomic E-state index is 6.15. The standard InChI is InChI=1S/C13H15Cl2N3/c1-2-16-13-17-6-8-18(13)7-5-10-3-4-11(14)9-12(10)15/h3-4,6,8-9H,2,5,7H2,1H3,(H,16,17). The minimum atomic E-state index is 0.666. The first-order chi connectivity index (χ1) is 8.70. The molecule has 1 aromatic heterocycles. The summed E-state index contributed by atoms with van der Waals surface area (Å²) in [6, 6.07) is 5.61. The summed E-state index contributed by atoms with van der Waals surface area (Å²) in [4.78, 5) is 4.25. The highest BCUT2D eigenvalue weighted by Gasteiger charge is 2.04. The number of nitrogens with one attached hydrogen (secondary N) is 1. The zero-order chi connectivity index (χ0) is 13.0. The summed E-state index contributed by atoms with van der Waals surface area (Å²) in [5.41, 5.74) is 1.09. The third-order valence-corrected chi connectivity index (χ3v) is 3.27. The average molecular weight is 284 g/mol. The van der Waals surface area contributed by atoms with Crippen molar-refractivity contribution >= 4 is 29.2 Å². The van der Waals surface area contributed by atoms with Crippen molar-refractivity contribution in [1.82, 2.24) is 9.55 Å². The van der Waals surface area contributed by atoms with Crippen molar-refractivity contribution in [3.63, 3.8) is 0 Å². The van der Waals surface area contributed by atoms with Gasteiger partial charge in [-0.1, -0.05) is 29.3 Å². The van der Waals surface area contributed by atoms with Crippen LogP contribution < -0.4 is 5.32 Å². The van der Waals surface area contributed by atoms with Crippen molar-refractivity contribution in [3.8, 4) is 0 Å². The van der Waals surface area contributed by atoms with Gasteiger partial charge in [0.25, 0.3) is 0 Å². The van der Waals surface area contributed by atoms with E-state index >= 15 is 0 Å². The second-order valence-electron chi connectivity index (χ2n) is 3.96. The van der Waals surface area contributed by atoms with Gasteiger partial charge < -0.3 is 9.88 Å². The summed E-state index contributed by atoms with van der Waals surface area (Å²) in [6.07, 6.45) is 4.61. The molecular weight excluding hydrogens is 269 g/mol. The number of anilines is 1. The molecule has 0 unspecified atom stereocenters. The smallest absolute Gasteiger partial charge is 0.202 e. The lowest BCUT2D eigenvalue weighted by molar-refractivity contribution is 0.700. The fourth-order valence-corrected chi connectivity index (χ4v) is 2.28. The van der Waals surface area contributed by atoms with Crippen LogP contribution in [0.15, 0.2) is 30.6 Å². The summed E-state index contributed by atoms with van der Waals surface area (Å²) in [6.45, 7) is 3.75. The van der Waals surface area contributed by atoms with E-state index in [1.807, 2.05) is 18.3 Å². The number of halogens is 2. The van der Waals surface area contributed by atoms with E-state index in [0.717, 1.165) is 31.0 Å². The van der Waals surface area contributed by atoms with Gasteiger partial charge in [-0.15, -0.1) is 0 Å². The lowest BCUT2D eigenvalue weighted by Gasteiger charge is -2.09. The second-order valence-corrected chi connectivity index (χ2v) is 4.80. The van der Waals surface area contributed by atoms with Crippen LogP contribution in [0.25, 0.3) is 0 Å². The van der Waals surface area contributed by atoms with Crippen molar-refractivity contribution in [2.24, 2.45) is 0 Å². The number of rotatable bonds is 5. The lowest BCUT2D eigenvalue weighted by atomic mass is 10.1. The molecule has 0 radical (unpaired) electrons. The van der Waals surface area contributed by atoms with Gasteiger partial charge in [0.1, 0.15) is 0 Å². The Morgan fingerprint density at radius 2 is 2.17 bits per heavy atom. The van der Waals surface area contributed by atoms with E-state index in [1.54, 1.807) is 12.3 Å². The van der Waals surface area contributed by atoms with Crippen LogP contribution in [0.1, 0.15) is 12.5 Å². The van der Waals surface area contributed by atoms with Gasteiger partial charge >= 0.3 is 0 Å². The van der Waals surface area contributed by atoms with Gasteiger partial charge in [-0.25, -0.2) is 4.98 Å². The van der Waals surface area contributed by atoms with E-state index in [1.165, 1.54) is 0 Å². The molecule has 1 heterocycles. The average Bonchev–Trinajstić information content (AvgIpc) is 2.76. The van der Waals surface area contributed by atoms with Gasteiger partial charge in [-0.3, -0.25) is 0 Å². The lowest BCUT2D eigenvalue weighted by Crippen LogP contribution is -2.08. The zero-order valence-corrected chi connectivity index (χ0v) is 11.7. The molecule has 0 fully saturated rings. The molecule has 0 saturated heterocycles. The maximum Gasteiger partial charge on any atom is 0.202 e. The third-order valence-electron chi connectivity index (χ3n) is 2.69. The monoisotopic (exact) mass is 283 g/mol. The summed E-state index contributed by atoms with van der Waals surface area (Å²) in [5, 5.41) is 4.60. The van der Waals surface area contributed by atoms with E-state index in [9.17, 15) is 0 Å². The molecule has 2 rings (SSSR count). The number of imidazole rings is 1. The molecule has 0 spiro atoms. The van der Waals surface area contributed by atoms with Gasteiger partial charge in [-0.05, 0) is 31.0 Å². The number of nitrogens with zero attached hydrogens (tertiary/aromatic N) is 2. The predicted molar refractivity (Wildman–Crippen MR) is 76.6 cm³/mol. The topological polar surface area (TPSA) is 29.9 Å². The molecule has 0 saturated carbocycles. The predicted octanol–water partition coefficient (Wildman–Crippen LogP) is 3.86. The summed E-state index contributed by atoms with van der Waals surface area (Å²) >= 11 is 12.0. The highest BCUT2D eigenvalue weighted by molar-refractivity contribution is 6.35. The van der Waals surface area contributed by atoms with Crippen LogP contribution in [0.4, 0.5) is 5.95 Å². The highest BCUT2D eigenvalue weighted by Crippen LogP contribution is 2.22. The van der Waals surface area contributed by atoms with Crippen LogP contribution in [0.3, 0.4) is 0 Å². The molecule has 5 heteroatoms. The number of aromatic nitrogens is 2. The van der Waals surface area contributed by atoms with E-state index in [0.29, 0.717) is 10.0 Å². The van der Waals surface area contributed by atoms with Crippen molar-refractivity contribution in [3.05, 3.63) is 46.2 Å². The van der Waals surface area contributed by atoms with E-state index < -0.39 is 0 Å². The first-order valence-corrected chi connectivity index (χ1v) is 6.65. The van der Waals surface area contributed by atoms with Crippen LogP contribution >= 0.6 is 23.2 Å². The molecule has 0 atom stereocenters. The van der Waals surface area contributed by atoms with E-state index in [4.69, 9.17) is 23.2 Å². The molecule has 1 N–H and O–H groups in total. The van der Waals surface area contributed by atoms with E-state index in [2.05, 4.69) is 21.8 Å². The van der Waals surface area contributed by atoms with Crippen LogP contribution in [0.5, 0.6) is 0 Å². The van der Waals surface area contributed by atoms with Crippen molar-refractivity contribution in [2.45, 2.75) is 19.9 Å². The second kappa shape index (κ2) is 6.12. The van der Waals surface area contributed by atoms with Crippen molar-refractivity contribution in [1.29, 1.82) is 0 Å². The first-order valence-electron chi connectivity index (χ1n) is 5.89. The molecular formula is C13H15Cl2N3. The molecule has 3 nitrogen and oxygen atoms in total. The van der Waals surface area contributed by atoms with E-state index in [-0.39, 0.29) is 0 Å². The highest BCUT2D eigenvalue weighted by atomic mass is 35.5. The summed E-state index contributed by atoms with van der Waals surface area (Å²) in [5.74, 6) is 0.891. The molecule has 1 aromatic carbocycles. The molecule has 96 valence electrons. The molecule has 0 aliphatic heterocycles. The van der Waals surface area contributed by atoms with Crippen LogP contribution in [0.2, 0.25) is 10.0 Å². The molecule has 0 amide bonds. The van der Waals surface area contributed by atoms with Crippen molar-refractivity contribution in [2.75, 3.05) is 11.9 Å². The SMILES string of the molecule is CCNc1nccn1CCc1ccc(Cl)cc1Cl. The molecule has 0 bridgehead atoms. The number of hydrogen-bond donors (Lipinski definition) is 1. The zero-order valence-electron chi connectivity index (χ0n) is 10.2. The molecule has 2 aromatic rings. The summed E-state index contributed by atoms with van der Waals surface area (Å²) in [7, 11) is 0. The Morgan fingerprint density at radius 3 is 2.89 bits per heavy atom. The van der Waals surface area contributed by atoms with Gasteiger partial charge in [0.05, 0.1) is 0 Å². The quantitative estimate of drug-likeness (QED) is 0.903. The first kappa shape index (κ1) is 13.2. The van der Waals surface area contributed by atoms with Gasteiger partial charge in [-0.2, -0.15) is 0 Å². The normalized spacial score (nSPS) is 10.6. The van der Waals surface area contributed by atoms with Crippen LogP contribution in [-0.2, 0) is 13.0 Å². The maximum absolute atomic E-state index is 6.15. The van der Waals surface area contributed by atoms with Gasteiger partial charge in [0.15, 0.2) is 0 Å². The Bertz CT molecular complexity index is 523. The minimum absolute atomic E-state index is 0.666. The fourth-order valence-electron chi connectivity index (χ4n) is 1.78. The Balaban J connectivity index is 2.04. The third kappa shape index (κ3) is 3.18. The molecule has 0 aliphatic rings. The summed E-state index contributed by atoms with van der Waals surface area (Å²) < 4.78 is 2.08.